The molecule has 0 spiro atoms. The lowest BCUT2D eigenvalue weighted by Gasteiger charge is -2.24. The summed E-state index contributed by atoms with van der Waals surface area (Å²) in [7, 11) is 2.18. The second-order valence-electron chi connectivity index (χ2n) is 5.31. The maximum absolute atomic E-state index is 3.71. The fraction of sp³-hybridized carbons (Fsp3) is 0.412. The van der Waals surface area contributed by atoms with Gasteiger partial charge in [0, 0.05) is 28.5 Å². The Labute approximate surface area is 140 Å². The molecule has 0 aliphatic carbocycles. The van der Waals surface area contributed by atoms with Crippen LogP contribution in [0.3, 0.4) is 0 Å². The van der Waals surface area contributed by atoms with Crippen LogP contribution < -0.4 is 5.32 Å². The first-order chi connectivity index (χ1) is 10.1. The Morgan fingerprint density at radius 2 is 2.14 bits per heavy atom. The SMILES string of the molecule is CCNCc1ccc(CN(C)C(C)c2cccs2)c(Br)c1. The summed E-state index contributed by atoms with van der Waals surface area (Å²) in [5, 5.41) is 5.50. The van der Waals surface area contributed by atoms with Gasteiger partial charge in [-0.05, 0) is 49.2 Å². The minimum absolute atomic E-state index is 0.443. The second kappa shape index (κ2) is 8.08. The molecule has 1 N–H and O–H groups in total. The third-order valence-electron chi connectivity index (χ3n) is 3.73. The van der Waals surface area contributed by atoms with Crippen molar-refractivity contribution < 1.29 is 0 Å². The minimum Gasteiger partial charge on any atom is -0.313 e. The van der Waals surface area contributed by atoms with Crippen LogP contribution in [0.1, 0.15) is 35.9 Å². The van der Waals surface area contributed by atoms with E-state index in [2.05, 4.69) is 82.8 Å². The molecule has 114 valence electrons. The van der Waals surface area contributed by atoms with Crippen molar-refractivity contribution in [2.24, 2.45) is 0 Å². The standard InChI is InChI=1S/C17H23BrN2S/c1-4-19-11-14-7-8-15(16(18)10-14)12-20(3)13(2)17-6-5-9-21-17/h5-10,13,19H,4,11-12H2,1-3H3. The molecule has 1 atom stereocenters. The number of benzene rings is 1. The molecule has 1 unspecified atom stereocenters. The van der Waals surface area contributed by atoms with Crippen molar-refractivity contribution in [1.29, 1.82) is 0 Å². The molecule has 0 radical (unpaired) electrons. The topological polar surface area (TPSA) is 15.3 Å². The maximum Gasteiger partial charge on any atom is 0.0413 e. The third-order valence-corrected chi connectivity index (χ3v) is 5.51. The highest BCUT2D eigenvalue weighted by atomic mass is 79.9. The molecule has 4 heteroatoms. The molecular formula is C17H23BrN2S. The monoisotopic (exact) mass is 366 g/mol. The summed E-state index contributed by atoms with van der Waals surface area (Å²) in [5.41, 5.74) is 2.66. The van der Waals surface area contributed by atoms with Crippen LogP contribution in [0, 0.1) is 0 Å². The van der Waals surface area contributed by atoms with Gasteiger partial charge in [0.25, 0.3) is 0 Å². The summed E-state index contributed by atoms with van der Waals surface area (Å²) in [6, 6.07) is 11.4. The summed E-state index contributed by atoms with van der Waals surface area (Å²) in [4.78, 5) is 3.80. The molecule has 1 aromatic heterocycles. The van der Waals surface area contributed by atoms with Crippen LogP contribution >= 0.6 is 27.3 Å². The predicted molar refractivity (Wildman–Crippen MR) is 95.7 cm³/mol. The lowest BCUT2D eigenvalue weighted by Crippen LogP contribution is -2.21. The fourth-order valence-electron chi connectivity index (χ4n) is 2.25. The van der Waals surface area contributed by atoms with Crippen LogP contribution in [0.15, 0.2) is 40.2 Å². The molecule has 0 saturated heterocycles. The van der Waals surface area contributed by atoms with Crippen LogP contribution in [0.2, 0.25) is 0 Å². The highest BCUT2D eigenvalue weighted by Gasteiger charge is 2.14. The van der Waals surface area contributed by atoms with E-state index in [4.69, 9.17) is 0 Å². The molecule has 2 rings (SSSR count). The van der Waals surface area contributed by atoms with Gasteiger partial charge in [-0.15, -0.1) is 11.3 Å². The lowest BCUT2D eigenvalue weighted by molar-refractivity contribution is 0.256. The molecule has 0 aliphatic heterocycles. The van der Waals surface area contributed by atoms with Gasteiger partial charge in [-0.2, -0.15) is 0 Å². The van der Waals surface area contributed by atoms with E-state index in [9.17, 15) is 0 Å². The molecule has 0 amide bonds. The first-order valence-corrected chi connectivity index (χ1v) is 9.00. The van der Waals surface area contributed by atoms with Gasteiger partial charge in [-0.25, -0.2) is 0 Å². The number of nitrogens with one attached hydrogen (secondary N) is 1. The van der Waals surface area contributed by atoms with Gasteiger partial charge < -0.3 is 5.32 Å². The first kappa shape index (κ1) is 16.7. The summed E-state index contributed by atoms with van der Waals surface area (Å²) >= 11 is 5.54. The highest BCUT2D eigenvalue weighted by Crippen LogP contribution is 2.27. The van der Waals surface area contributed by atoms with Crippen molar-refractivity contribution in [3.05, 3.63) is 56.2 Å². The van der Waals surface area contributed by atoms with Crippen LogP contribution in [-0.4, -0.2) is 18.5 Å². The fourth-order valence-corrected chi connectivity index (χ4v) is 3.65. The van der Waals surface area contributed by atoms with Crippen molar-refractivity contribution >= 4 is 27.3 Å². The zero-order chi connectivity index (χ0) is 15.2. The number of thiophene rings is 1. The highest BCUT2D eigenvalue weighted by molar-refractivity contribution is 9.10. The van der Waals surface area contributed by atoms with E-state index in [1.807, 2.05) is 11.3 Å². The summed E-state index contributed by atoms with van der Waals surface area (Å²) < 4.78 is 1.20. The largest absolute Gasteiger partial charge is 0.313 e. The van der Waals surface area contributed by atoms with Gasteiger partial charge >= 0.3 is 0 Å². The van der Waals surface area contributed by atoms with Crippen LogP contribution in [0.25, 0.3) is 0 Å². The molecular weight excluding hydrogens is 344 g/mol. The number of rotatable bonds is 7. The van der Waals surface area contributed by atoms with E-state index >= 15 is 0 Å². The molecule has 0 saturated carbocycles. The number of hydrogen-bond donors (Lipinski definition) is 1. The van der Waals surface area contributed by atoms with Crippen LogP contribution in [0.5, 0.6) is 0 Å². The predicted octanol–water partition coefficient (Wildman–Crippen LogP) is 4.81. The zero-order valence-electron chi connectivity index (χ0n) is 12.9. The Balaban J connectivity index is 2.02. The minimum atomic E-state index is 0.443. The Morgan fingerprint density at radius 1 is 1.33 bits per heavy atom. The summed E-state index contributed by atoms with van der Waals surface area (Å²) in [6.45, 7) is 7.27. The van der Waals surface area contributed by atoms with E-state index in [0.29, 0.717) is 6.04 Å². The Bertz CT molecular complexity index is 554. The smallest absolute Gasteiger partial charge is 0.0413 e. The first-order valence-electron chi connectivity index (χ1n) is 7.33. The Kier molecular flexibility index (Phi) is 6.42. The van der Waals surface area contributed by atoms with E-state index in [0.717, 1.165) is 19.6 Å². The molecule has 0 aliphatic rings. The van der Waals surface area contributed by atoms with Gasteiger partial charge in [0.1, 0.15) is 0 Å². The van der Waals surface area contributed by atoms with E-state index < -0.39 is 0 Å². The summed E-state index contributed by atoms with van der Waals surface area (Å²) in [6.07, 6.45) is 0. The zero-order valence-corrected chi connectivity index (χ0v) is 15.3. The van der Waals surface area contributed by atoms with E-state index in [1.54, 1.807) is 0 Å². The Hall–Kier alpha value is -0.680. The van der Waals surface area contributed by atoms with Gasteiger partial charge in [0.2, 0.25) is 0 Å². The van der Waals surface area contributed by atoms with Gasteiger partial charge in [0.15, 0.2) is 0 Å². The van der Waals surface area contributed by atoms with E-state index in [1.165, 1.54) is 20.5 Å². The van der Waals surface area contributed by atoms with Gasteiger partial charge in [-0.3, -0.25) is 4.90 Å². The number of halogens is 1. The third kappa shape index (κ3) is 4.65. The normalized spacial score (nSPS) is 12.8. The number of hydrogen-bond acceptors (Lipinski definition) is 3. The van der Waals surface area contributed by atoms with Crippen LogP contribution in [0.4, 0.5) is 0 Å². The molecule has 21 heavy (non-hydrogen) atoms. The maximum atomic E-state index is 3.71. The quantitative estimate of drug-likeness (QED) is 0.755. The molecule has 0 bridgehead atoms. The van der Waals surface area contributed by atoms with Crippen molar-refractivity contribution in [1.82, 2.24) is 10.2 Å². The average molecular weight is 367 g/mol. The molecule has 1 heterocycles. The van der Waals surface area contributed by atoms with Crippen molar-refractivity contribution in [2.75, 3.05) is 13.6 Å². The Morgan fingerprint density at radius 3 is 2.76 bits per heavy atom. The van der Waals surface area contributed by atoms with Crippen molar-refractivity contribution in [3.63, 3.8) is 0 Å². The molecule has 0 fully saturated rings. The van der Waals surface area contributed by atoms with Gasteiger partial charge in [0.05, 0.1) is 0 Å². The number of nitrogens with zero attached hydrogens (tertiary/aromatic N) is 1. The molecule has 2 aromatic rings. The summed E-state index contributed by atoms with van der Waals surface area (Å²) in [5.74, 6) is 0. The molecule has 2 nitrogen and oxygen atoms in total. The lowest BCUT2D eigenvalue weighted by atomic mass is 10.1. The van der Waals surface area contributed by atoms with Crippen molar-refractivity contribution in [2.45, 2.75) is 33.0 Å². The second-order valence-corrected chi connectivity index (χ2v) is 7.15. The van der Waals surface area contributed by atoms with Crippen molar-refractivity contribution in [3.8, 4) is 0 Å². The van der Waals surface area contributed by atoms with Gasteiger partial charge in [-0.1, -0.05) is 41.1 Å². The van der Waals surface area contributed by atoms with Crippen LogP contribution in [-0.2, 0) is 13.1 Å². The van der Waals surface area contributed by atoms with E-state index in [-0.39, 0.29) is 0 Å². The average Bonchev–Trinajstić information content (AvgIpc) is 3.01. The molecule has 1 aromatic carbocycles.